The van der Waals surface area contributed by atoms with E-state index in [1.54, 1.807) is 0 Å². The largest absolute Gasteiger partial charge is 0.370 e. The molecule has 4 unspecified atom stereocenters. The first-order chi connectivity index (χ1) is 13.6. The van der Waals surface area contributed by atoms with Crippen molar-refractivity contribution in [3.05, 3.63) is 36.4 Å². The molecule has 6 heteroatoms. The Bertz CT molecular complexity index is 828. The summed E-state index contributed by atoms with van der Waals surface area (Å²) in [5.41, 5.74) is 1.75. The van der Waals surface area contributed by atoms with Crippen LogP contribution in [0.3, 0.4) is 0 Å². The van der Waals surface area contributed by atoms with Crippen molar-refractivity contribution in [2.24, 2.45) is 23.7 Å². The molecule has 2 saturated heterocycles. The first kappa shape index (κ1) is 17.5. The summed E-state index contributed by atoms with van der Waals surface area (Å²) in [7, 11) is 0. The molecule has 0 spiro atoms. The summed E-state index contributed by atoms with van der Waals surface area (Å²) in [6.45, 7) is 1.77. The van der Waals surface area contributed by atoms with Crippen molar-refractivity contribution in [1.82, 2.24) is 4.90 Å². The van der Waals surface area contributed by atoms with E-state index in [9.17, 15) is 14.4 Å². The zero-order valence-electron chi connectivity index (χ0n) is 15.8. The van der Waals surface area contributed by atoms with Crippen LogP contribution in [0, 0.1) is 23.7 Å². The number of carbonyl (C=O) groups excluding carboxylic acids is 3. The molecule has 3 fully saturated rings. The highest BCUT2D eigenvalue weighted by Gasteiger charge is 2.59. The summed E-state index contributed by atoms with van der Waals surface area (Å²) in [5, 5.41) is 2.94. The number of anilines is 2. The number of nitrogens with one attached hydrogen (secondary N) is 1. The van der Waals surface area contributed by atoms with Gasteiger partial charge >= 0.3 is 0 Å². The van der Waals surface area contributed by atoms with Gasteiger partial charge < -0.3 is 10.2 Å². The maximum absolute atomic E-state index is 12.8. The lowest BCUT2D eigenvalue weighted by atomic mass is 9.85. The van der Waals surface area contributed by atoms with E-state index in [2.05, 4.69) is 22.4 Å². The molecule has 0 aromatic heterocycles. The van der Waals surface area contributed by atoms with Crippen molar-refractivity contribution in [2.75, 3.05) is 29.9 Å². The predicted molar refractivity (Wildman–Crippen MR) is 106 cm³/mol. The molecule has 146 valence electrons. The Balaban J connectivity index is 1.29. The smallest absolute Gasteiger partial charge is 0.244 e. The van der Waals surface area contributed by atoms with Gasteiger partial charge in [-0.05, 0) is 49.7 Å². The molecule has 4 atom stereocenters. The van der Waals surface area contributed by atoms with Gasteiger partial charge in [0.2, 0.25) is 17.7 Å². The van der Waals surface area contributed by atoms with Crippen molar-refractivity contribution in [3.63, 3.8) is 0 Å². The lowest BCUT2D eigenvalue weighted by Crippen LogP contribution is -2.39. The fourth-order valence-electron chi connectivity index (χ4n) is 5.44. The van der Waals surface area contributed by atoms with Crippen molar-refractivity contribution in [2.45, 2.75) is 25.7 Å². The quantitative estimate of drug-likeness (QED) is 0.644. The van der Waals surface area contributed by atoms with Gasteiger partial charge in [-0.2, -0.15) is 0 Å². The Hall–Kier alpha value is -2.63. The van der Waals surface area contributed by atoms with Gasteiger partial charge in [0.15, 0.2) is 0 Å². The van der Waals surface area contributed by atoms with Gasteiger partial charge in [-0.25, -0.2) is 0 Å². The van der Waals surface area contributed by atoms with Gasteiger partial charge in [-0.1, -0.05) is 24.3 Å². The number of likely N-dealkylation sites (tertiary alicyclic amines) is 1. The number of piperidine rings is 1. The number of para-hydroxylation sites is 2. The number of rotatable bonds is 4. The SMILES string of the molecule is O=C(CN1C(=O)C2C3C=CC(C3)C2C1=O)Nc1ccccc1N1CCCCC1. The van der Waals surface area contributed by atoms with Gasteiger partial charge in [-0.3, -0.25) is 19.3 Å². The number of hydrogen-bond donors (Lipinski definition) is 1. The highest BCUT2D eigenvalue weighted by Crippen LogP contribution is 2.52. The predicted octanol–water partition coefficient (Wildman–Crippen LogP) is 2.42. The van der Waals surface area contributed by atoms with Crippen molar-refractivity contribution in [1.29, 1.82) is 0 Å². The van der Waals surface area contributed by atoms with Crippen LogP contribution >= 0.6 is 0 Å². The fraction of sp³-hybridized carbons (Fsp3) is 0.500. The van der Waals surface area contributed by atoms with E-state index in [4.69, 9.17) is 0 Å². The molecule has 2 bridgehead atoms. The number of carbonyl (C=O) groups is 3. The molecule has 2 aliphatic heterocycles. The highest BCUT2D eigenvalue weighted by atomic mass is 16.2. The highest BCUT2D eigenvalue weighted by molar-refractivity contribution is 6.09. The number of hydrogen-bond acceptors (Lipinski definition) is 4. The summed E-state index contributed by atoms with van der Waals surface area (Å²) < 4.78 is 0. The van der Waals surface area contributed by atoms with Gasteiger partial charge in [0.05, 0.1) is 23.2 Å². The maximum Gasteiger partial charge on any atom is 0.244 e. The van der Waals surface area contributed by atoms with E-state index >= 15 is 0 Å². The van der Waals surface area contributed by atoms with E-state index in [0.29, 0.717) is 0 Å². The Kier molecular flexibility index (Phi) is 4.22. The number of allylic oxidation sites excluding steroid dienone is 2. The third kappa shape index (κ3) is 2.74. The second kappa shape index (κ2) is 6.76. The molecule has 1 aromatic carbocycles. The normalized spacial score (nSPS) is 30.9. The number of benzene rings is 1. The minimum Gasteiger partial charge on any atom is -0.370 e. The zero-order chi connectivity index (χ0) is 19.3. The van der Waals surface area contributed by atoms with Gasteiger partial charge in [0, 0.05) is 13.1 Å². The van der Waals surface area contributed by atoms with Crippen LogP contribution in [0.5, 0.6) is 0 Å². The fourth-order valence-corrected chi connectivity index (χ4v) is 5.44. The van der Waals surface area contributed by atoms with Crippen molar-refractivity contribution < 1.29 is 14.4 Å². The molecule has 1 saturated carbocycles. The maximum atomic E-state index is 12.8. The third-order valence-electron chi connectivity index (χ3n) is 6.74. The van der Waals surface area contributed by atoms with Crippen molar-refractivity contribution in [3.8, 4) is 0 Å². The minimum absolute atomic E-state index is 0.166. The summed E-state index contributed by atoms with van der Waals surface area (Å²) in [5.74, 6) is -0.838. The van der Waals surface area contributed by atoms with E-state index in [0.717, 1.165) is 43.7 Å². The molecule has 1 aromatic rings. The van der Waals surface area contributed by atoms with Crippen LogP contribution in [0.1, 0.15) is 25.7 Å². The monoisotopic (exact) mass is 379 g/mol. The van der Waals surface area contributed by atoms with Crippen LogP contribution in [0.4, 0.5) is 11.4 Å². The molecule has 2 heterocycles. The summed E-state index contributed by atoms with van der Waals surface area (Å²) in [4.78, 5) is 41.7. The average Bonchev–Trinajstić information content (AvgIpc) is 3.39. The molecule has 4 aliphatic rings. The molecular weight excluding hydrogens is 354 g/mol. The summed E-state index contributed by atoms with van der Waals surface area (Å²) in [6, 6.07) is 7.76. The third-order valence-corrected chi connectivity index (χ3v) is 6.74. The standard InChI is InChI=1S/C22H25N3O3/c26-18(23-16-6-2-3-7-17(16)24-10-4-1-5-11-24)13-25-21(27)19-14-8-9-15(12-14)20(19)22(25)28/h2-3,6-9,14-15,19-20H,1,4-5,10-13H2,(H,23,26). The second-order valence-electron chi connectivity index (χ2n) is 8.38. The van der Waals surface area contributed by atoms with Gasteiger partial charge in [-0.15, -0.1) is 0 Å². The van der Waals surface area contributed by atoms with Crippen LogP contribution in [-0.4, -0.2) is 42.3 Å². The number of amides is 3. The molecule has 3 amide bonds. The van der Waals surface area contributed by atoms with Crippen LogP contribution in [0.2, 0.25) is 0 Å². The lowest BCUT2D eigenvalue weighted by molar-refractivity contribution is -0.143. The van der Waals surface area contributed by atoms with Crippen LogP contribution in [0.25, 0.3) is 0 Å². The average molecular weight is 379 g/mol. The van der Waals surface area contributed by atoms with E-state index in [1.807, 2.05) is 24.3 Å². The van der Waals surface area contributed by atoms with Crippen LogP contribution < -0.4 is 10.2 Å². The number of nitrogens with zero attached hydrogens (tertiary/aromatic N) is 2. The first-order valence-corrected chi connectivity index (χ1v) is 10.3. The molecule has 2 aliphatic carbocycles. The molecule has 6 nitrogen and oxygen atoms in total. The summed E-state index contributed by atoms with van der Waals surface area (Å²) in [6.07, 6.45) is 8.57. The van der Waals surface area contributed by atoms with E-state index in [-0.39, 0.29) is 47.9 Å². The Morgan fingerprint density at radius 2 is 1.61 bits per heavy atom. The zero-order valence-corrected chi connectivity index (χ0v) is 15.8. The Morgan fingerprint density at radius 3 is 2.29 bits per heavy atom. The molecular formula is C22H25N3O3. The lowest BCUT2D eigenvalue weighted by Gasteiger charge is -2.30. The Morgan fingerprint density at radius 1 is 0.964 bits per heavy atom. The van der Waals surface area contributed by atoms with E-state index in [1.165, 1.54) is 11.3 Å². The Labute approximate surface area is 164 Å². The molecule has 0 radical (unpaired) electrons. The van der Waals surface area contributed by atoms with Gasteiger partial charge in [0.1, 0.15) is 6.54 Å². The van der Waals surface area contributed by atoms with Gasteiger partial charge in [0.25, 0.3) is 0 Å². The summed E-state index contributed by atoms with van der Waals surface area (Å²) >= 11 is 0. The minimum atomic E-state index is -0.313. The van der Waals surface area contributed by atoms with Crippen LogP contribution in [0.15, 0.2) is 36.4 Å². The number of imide groups is 1. The second-order valence-corrected chi connectivity index (χ2v) is 8.38. The van der Waals surface area contributed by atoms with Crippen molar-refractivity contribution >= 4 is 29.1 Å². The van der Waals surface area contributed by atoms with Crippen LogP contribution in [-0.2, 0) is 14.4 Å². The number of fused-ring (bicyclic) bond motifs is 5. The molecule has 1 N–H and O–H groups in total. The molecule has 28 heavy (non-hydrogen) atoms. The first-order valence-electron chi connectivity index (χ1n) is 10.3. The molecule has 5 rings (SSSR count). The topological polar surface area (TPSA) is 69.7 Å². The van der Waals surface area contributed by atoms with E-state index < -0.39 is 0 Å².